The third-order valence-electron chi connectivity index (χ3n) is 6.12. The van der Waals surface area contributed by atoms with Crippen LogP contribution in [0.25, 0.3) is 27.8 Å². The van der Waals surface area contributed by atoms with E-state index in [0.717, 1.165) is 30.0 Å². The van der Waals surface area contributed by atoms with Crippen LogP contribution in [-0.4, -0.2) is 38.1 Å². The maximum atomic E-state index is 4.14. The lowest BCUT2D eigenvalue weighted by Gasteiger charge is -2.23. The Balaban J connectivity index is 1.70. The normalized spacial score (nSPS) is 15.9. The van der Waals surface area contributed by atoms with Crippen molar-refractivity contribution in [2.45, 2.75) is 45.4 Å². The van der Waals surface area contributed by atoms with Crippen molar-refractivity contribution in [2.24, 2.45) is 0 Å². The Kier molecular flexibility index (Phi) is 4.16. The maximum Gasteiger partial charge on any atom is 0.179 e. The molecule has 0 radical (unpaired) electrons. The molecule has 1 saturated heterocycles. The van der Waals surface area contributed by atoms with Crippen molar-refractivity contribution in [2.75, 3.05) is 13.1 Å². The number of aryl methyl sites for hydroxylation is 1. The van der Waals surface area contributed by atoms with E-state index in [2.05, 4.69) is 70.9 Å². The van der Waals surface area contributed by atoms with Crippen LogP contribution in [0.1, 0.15) is 55.3 Å². The lowest BCUT2D eigenvalue weighted by atomic mass is 9.88. The Bertz CT molecular complexity index is 1150. The molecule has 0 amide bonds. The zero-order valence-corrected chi connectivity index (χ0v) is 16.7. The molecule has 4 aromatic rings. The molecule has 6 heteroatoms. The van der Waals surface area contributed by atoms with Gasteiger partial charge in [0.2, 0.25) is 0 Å². The van der Waals surface area contributed by atoms with Gasteiger partial charge in [0.05, 0.1) is 11.4 Å². The molecule has 5 rings (SSSR count). The fraction of sp³-hybridized carbons (Fsp3) is 0.409. The van der Waals surface area contributed by atoms with Gasteiger partial charge in [0.15, 0.2) is 5.65 Å². The van der Waals surface area contributed by atoms with E-state index in [1.54, 1.807) is 0 Å². The molecular weight excluding hydrogens is 348 g/mol. The fourth-order valence-corrected chi connectivity index (χ4v) is 4.65. The van der Waals surface area contributed by atoms with Crippen LogP contribution in [0.5, 0.6) is 0 Å². The monoisotopic (exact) mass is 374 g/mol. The highest BCUT2D eigenvalue weighted by Crippen LogP contribution is 2.38. The number of aromatic nitrogens is 5. The average Bonchev–Trinajstić information content (AvgIpc) is 3.33. The van der Waals surface area contributed by atoms with E-state index in [9.17, 15) is 0 Å². The number of rotatable bonds is 3. The van der Waals surface area contributed by atoms with Crippen LogP contribution in [-0.2, 0) is 0 Å². The third-order valence-corrected chi connectivity index (χ3v) is 6.12. The van der Waals surface area contributed by atoms with E-state index < -0.39 is 0 Å². The number of benzene rings is 1. The molecule has 0 saturated carbocycles. The molecule has 0 spiro atoms. The molecule has 4 heterocycles. The molecule has 1 aromatic carbocycles. The molecule has 144 valence electrons. The van der Waals surface area contributed by atoms with Crippen molar-refractivity contribution in [3.63, 3.8) is 0 Å². The van der Waals surface area contributed by atoms with E-state index in [4.69, 9.17) is 0 Å². The van der Waals surface area contributed by atoms with Crippen LogP contribution in [0.3, 0.4) is 0 Å². The summed E-state index contributed by atoms with van der Waals surface area (Å²) in [6, 6.07) is 11.1. The fourth-order valence-electron chi connectivity index (χ4n) is 4.65. The second kappa shape index (κ2) is 6.71. The van der Waals surface area contributed by atoms with Gasteiger partial charge in [0, 0.05) is 16.5 Å². The summed E-state index contributed by atoms with van der Waals surface area (Å²) in [5.41, 5.74) is 8.21. The molecule has 0 bridgehead atoms. The molecule has 28 heavy (non-hydrogen) atoms. The van der Waals surface area contributed by atoms with Gasteiger partial charge >= 0.3 is 0 Å². The van der Waals surface area contributed by atoms with Crippen LogP contribution >= 0.6 is 0 Å². The van der Waals surface area contributed by atoms with Crippen molar-refractivity contribution in [1.29, 1.82) is 0 Å². The van der Waals surface area contributed by atoms with Crippen molar-refractivity contribution in [1.82, 2.24) is 30.3 Å². The van der Waals surface area contributed by atoms with Gasteiger partial charge in [-0.1, -0.05) is 19.9 Å². The van der Waals surface area contributed by atoms with Gasteiger partial charge in [-0.25, -0.2) is 0 Å². The van der Waals surface area contributed by atoms with E-state index >= 15 is 0 Å². The second-order valence-electron chi connectivity index (χ2n) is 8.18. The number of pyridine rings is 1. The number of nitrogens with one attached hydrogen (secondary N) is 2. The number of tetrazole rings is 1. The minimum Gasteiger partial charge on any atom is -0.354 e. The number of piperidine rings is 1. The van der Waals surface area contributed by atoms with Crippen molar-refractivity contribution >= 4 is 16.6 Å². The van der Waals surface area contributed by atoms with E-state index in [0.29, 0.717) is 11.8 Å². The summed E-state index contributed by atoms with van der Waals surface area (Å²) < 4.78 is 1.81. The molecular formula is C22H26N6. The van der Waals surface area contributed by atoms with Gasteiger partial charge in [-0.15, -0.1) is 5.10 Å². The summed E-state index contributed by atoms with van der Waals surface area (Å²) in [4.78, 5) is 3.70. The van der Waals surface area contributed by atoms with E-state index in [1.165, 1.54) is 40.6 Å². The van der Waals surface area contributed by atoms with Gasteiger partial charge in [-0.05, 0) is 90.5 Å². The first-order valence-electron chi connectivity index (χ1n) is 10.2. The Morgan fingerprint density at radius 3 is 2.71 bits per heavy atom. The molecule has 3 aromatic heterocycles. The first kappa shape index (κ1) is 17.4. The van der Waals surface area contributed by atoms with E-state index in [1.807, 2.05) is 10.6 Å². The van der Waals surface area contributed by atoms with Gasteiger partial charge in [-0.3, -0.25) is 0 Å². The topological polar surface area (TPSA) is 70.9 Å². The van der Waals surface area contributed by atoms with Crippen LogP contribution in [0.15, 0.2) is 30.3 Å². The van der Waals surface area contributed by atoms with Crippen molar-refractivity contribution in [3.05, 3.63) is 47.2 Å². The van der Waals surface area contributed by atoms with Crippen molar-refractivity contribution in [3.8, 4) is 11.3 Å². The van der Waals surface area contributed by atoms with Crippen LogP contribution in [0, 0.1) is 6.92 Å². The smallest absolute Gasteiger partial charge is 0.179 e. The minimum atomic E-state index is 0.413. The van der Waals surface area contributed by atoms with Gasteiger partial charge < -0.3 is 10.3 Å². The second-order valence-corrected chi connectivity index (χ2v) is 8.18. The predicted octanol–water partition coefficient (Wildman–Crippen LogP) is 4.17. The molecule has 2 N–H and O–H groups in total. The van der Waals surface area contributed by atoms with E-state index in [-0.39, 0.29) is 0 Å². The molecule has 6 nitrogen and oxygen atoms in total. The van der Waals surface area contributed by atoms with Crippen LogP contribution < -0.4 is 5.32 Å². The summed E-state index contributed by atoms with van der Waals surface area (Å²) in [5.74, 6) is 1.07. The highest BCUT2D eigenvalue weighted by Gasteiger charge is 2.21. The number of H-pyrrole nitrogens is 1. The zero-order chi connectivity index (χ0) is 19.3. The average molecular weight is 374 g/mol. The molecule has 1 aliphatic rings. The highest BCUT2D eigenvalue weighted by molar-refractivity contribution is 5.92. The van der Waals surface area contributed by atoms with Gasteiger partial charge in [0.1, 0.15) is 0 Å². The molecule has 0 atom stereocenters. The lowest BCUT2D eigenvalue weighted by molar-refractivity contribution is 0.460. The molecule has 1 aliphatic heterocycles. The van der Waals surface area contributed by atoms with Crippen LogP contribution in [0.2, 0.25) is 0 Å². The first-order chi connectivity index (χ1) is 13.6. The summed E-state index contributed by atoms with van der Waals surface area (Å²) in [7, 11) is 0. The number of aromatic amines is 1. The summed E-state index contributed by atoms with van der Waals surface area (Å²) in [6.07, 6.45) is 2.43. The molecule has 1 fully saturated rings. The van der Waals surface area contributed by atoms with Gasteiger partial charge in [-0.2, -0.15) is 4.52 Å². The quantitative estimate of drug-likeness (QED) is 0.565. The molecule has 0 aliphatic carbocycles. The largest absolute Gasteiger partial charge is 0.354 e. The van der Waals surface area contributed by atoms with Crippen LogP contribution in [0.4, 0.5) is 0 Å². The zero-order valence-electron chi connectivity index (χ0n) is 16.7. The number of fused-ring (bicyclic) bond motifs is 2. The standard InChI is InChI=1S/C22H26N6/c1-13(2)21-18-12-16(15-8-10-23-11-9-15)4-6-19(18)24-22(21)17-5-7-20-25-26-27-28(20)14(17)3/h4-7,12-13,15,23-24H,8-11H2,1-3H3. The lowest BCUT2D eigenvalue weighted by Crippen LogP contribution is -2.26. The molecule has 0 unspecified atom stereocenters. The number of nitrogens with zero attached hydrogens (tertiary/aromatic N) is 4. The Morgan fingerprint density at radius 1 is 1.11 bits per heavy atom. The highest BCUT2D eigenvalue weighted by atomic mass is 15.5. The third kappa shape index (κ3) is 2.71. The SMILES string of the molecule is Cc1c(-c2[nH]c3ccc(C4CCNCC4)cc3c2C(C)C)ccc2nnnn12. The van der Waals surface area contributed by atoms with Crippen molar-refractivity contribution < 1.29 is 0 Å². The number of hydrogen-bond acceptors (Lipinski definition) is 4. The maximum absolute atomic E-state index is 4.14. The van der Waals surface area contributed by atoms with Gasteiger partial charge in [0.25, 0.3) is 0 Å². The Labute approximate surface area is 164 Å². The predicted molar refractivity (Wildman–Crippen MR) is 112 cm³/mol. The number of hydrogen-bond donors (Lipinski definition) is 2. The summed E-state index contributed by atoms with van der Waals surface area (Å²) in [5, 5.41) is 16.8. The first-order valence-corrected chi connectivity index (χ1v) is 10.2. The Hall–Kier alpha value is -2.73. The Morgan fingerprint density at radius 2 is 1.93 bits per heavy atom. The summed E-state index contributed by atoms with van der Waals surface area (Å²) in [6.45, 7) is 8.85. The summed E-state index contributed by atoms with van der Waals surface area (Å²) >= 11 is 0. The minimum absolute atomic E-state index is 0.413.